The molecule has 0 saturated carbocycles. The molecule has 31 heavy (non-hydrogen) atoms. The number of anilines is 1. The van der Waals surface area contributed by atoms with Crippen molar-refractivity contribution in [3.63, 3.8) is 0 Å². The normalized spacial score (nSPS) is 16.8. The van der Waals surface area contributed by atoms with Gasteiger partial charge < -0.3 is 4.90 Å². The summed E-state index contributed by atoms with van der Waals surface area (Å²) in [4.78, 5) is 19.5. The summed E-state index contributed by atoms with van der Waals surface area (Å²) in [6.45, 7) is 0.586. The molecule has 1 fully saturated rings. The van der Waals surface area contributed by atoms with Gasteiger partial charge in [0.05, 0.1) is 29.2 Å². The Morgan fingerprint density at radius 2 is 1.87 bits per heavy atom. The van der Waals surface area contributed by atoms with Gasteiger partial charge in [0, 0.05) is 37.7 Å². The zero-order valence-electron chi connectivity index (χ0n) is 17.5. The van der Waals surface area contributed by atoms with Gasteiger partial charge in [-0.05, 0) is 49.1 Å². The van der Waals surface area contributed by atoms with E-state index in [9.17, 15) is 13.2 Å². The van der Waals surface area contributed by atoms with E-state index in [2.05, 4.69) is 9.71 Å². The summed E-state index contributed by atoms with van der Waals surface area (Å²) >= 11 is 0. The lowest BCUT2D eigenvalue weighted by molar-refractivity contribution is 0.0607. The number of carbonyl (C=O) groups is 1. The molecule has 162 valence electrons. The number of para-hydroxylation sites is 1. The molecule has 1 aliphatic rings. The lowest BCUT2D eigenvalue weighted by Gasteiger charge is -2.35. The van der Waals surface area contributed by atoms with Crippen LogP contribution < -0.4 is 4.72 Å². The molecule has 1 aliphatic heterocycles. The van der Waals surface area contributed by atoms with Crippen LogP contribution in [-0.2, 0) is 17.1 Å². The number of nitrogens with one attached hydrogen (secondary N) is 1. The number of piperidine rings is 1. The summed E-state index contributed by atoms with van der Waals surface area (Å²) in [5.74, 6) is -0.206. The fourth-order valence-electron chi connectivity index (χ4n) is 4.08. The Kier molecular flexibility index (Phi) is 5.77. The van der Waals surface area contributed by atoms with E-state index in [0.29, 0.717) is 12.1 Å². The quantitative estimate of drug-likeness (QED) is 0.658. The zero-order chi connectivity index (χ0) is 22.0. The van der Waals surface area contributed by atoms with Crippen molar-refractivity contribution in [2.24, 2.45) is 7.05 Å². The van der Waals surface area contributed by atoms with Crippen molar-refractivity contribution in [1.82, 2.24) is 19.7 Å². The minimum absolute atomic E-state index is 0.197. The number of benzene rings is 1. The first-order valence-corrected chi connectivity index (χ1v) is 12.0. The molecule has 8 nitrogen and oxygen atoms in total. The molecule has 3 aromatic rings. The Hall–Kier alpha value is -3.20. The second-order valence-electron chi connectivity index (χ2n) is 7.77. The summed E-state index contributed by atoms with van der Waals surface area (Å²) in [7, 11) is -1.64. The van der Waals surface area contributed by atoms with E-state index in [1.165, 1.54) is 0 Å². The summed E-state index contributed by atoms with van der Waals surface area (Å²) in [6.07, 6.45) is 9.19. The van der Waals surface area contributed by atoms with Crippen LogP contribution in [0.1, 0.15) is 41.4 Å². The van der Waals surface area contributed by atoms with Crippen LogP contribution >= 0.6 is 0 Å². The number of rotatable bonds is 5. The molecule has 1 atom stereocenters. The molecule has 0 radical (unpaired) electrons. The number of hydrogen-bond acceptors (Lipinski definition) is 5. The number of aromatic nitrogens is 3. The first-order valence-electron chi connectivity index (χ1n) is 10.2. The maximum absolute atomic E-state index is 13.6. The van der Waals surface area contributed by atoms with E-state index in [4.69, 9.17) is 5.10 Å². The minimum Gasteiger partial charge on any atom is -0.330 e. The average molecular weight is 440 g/mol. The van der Waals surface area contributed by atoms with Gasteiger partial charge in [0.1, 0.15) is 0 Å². The van der Waals surface area contributed by atoms with Gasteiger partial charge in [-0.1, -0.05) is 12.1 Å². The molecule has 1 saturated heterocycles. The smallest absolute Gasteiger partial charge is 0.256 e. The second-order valence-corrected chi connectivity index (χ2v) is 9.52. The molecule has 4 rings (SSSR count). The maximum atomic E-state index is 13.6. The Morgan fingerprint density at radius 1 is 1.13 bits per heavy atom. The first kappa shape index (κ1) is 21.0. The van der Waals surface area contributed by atoms with Gasteiger partial charge in [-0.25, -0.2) is 8.42 Å². The molecule has 0 spiro atoms. The highest BCUT2D eigenvalue weighted by Gasteiger charge is 2.33. The van der Waals surface area contributed by atoms with Crippen LogP contribution in [0.4, 0.5) is 5.69 Å². The molecule has 3 heterocycles. The van der Waals surface area contributed by atoms with Gasteiger partial charge in [-0.15, -0.1) is 0 Å². The molecular weight excluding hydrogens is 414 g/mol. The zero-order valence-corrected chi connectivity index (χ0v) is 18.3. The number of nitrogens with zero attached hydrogens (tertiary/aromatic N) is 4. The van der Waals surface area contributed by atoms with Crippen LogP contribution in [0.3, 0.4) is 0 Å². The third-order valence-electron chi connectivity index (χ3n) is 5.38. The molecule has 1 unspecified atom stereocenters. The largest absolute Gasteiger partial charge is 0.330 e. The third-order valence-corrected chi connectivity index (χ3v) is 5.97. The van der Waals surface area contributed by atoms with Gasteiger partial charge in [-0.2, -0.15) is 5.10 Å². The predicted octanol–water partition coefficient (Wildman–Crippen LogP) is 3.22. The highest BCUT2D eigenvalue weighted by atomic mass is 32.2. The molecule has 0 aliphatic carbocycles. The van der Waals surface area contributed by atoms with E-state index in [-0.39, 0.29) is 17.6 Å². The van der Waals surface area contributed by atoms with E-state index in [1.807, 2.05) is 30.3 Å². The molecule has 1 aromatic carbocycles. The van der Waals surface area contributed by atoms with Crippen LogP contribution in [0, 0.1) is 0 Å². The number of likely N-dealkylation sites (tertiary alicyclic amines) is 1. The van der Waals surface area contributed by atoms with Crippen molar-refractivity contribution in [1.29, 1.82) is 0 Å². The molecular formula is C22H25N5O3S. The summed E-state index contributed by atoms with van der Waals surface area (Å²) < 4.78 is 27.8. The van der Waals surface area contributed by atoms with Crippen molar-refractivity contribution in [2.45, 2.75) is 25.3 Å². The SMILES string of the molecule is Cn1cc(-c2ccncc2)c(C2CCCCN2C(=O)c2ccccc2NS(C)(=O)=O)n1. The second kappa shape index (κ2) is 8.50. The van der Waals surface area contributed by atoms with Gasteiger partial charge in [-0.3, -0.25) is 19.2 Å². The van der Waals surface area contributed by atoms with Crippen LogP contribution in [-0.4, -0.2) is 46.8 Å². The molecule has 9 heteroatoms. The van der Waals surface area contributed by atoms with Crippen LogP contribution in [0.2, 0.25) is 0 Å². The monoisotopic (exact) mass is 439 g/mol. The van der Waals surface area contributed by atoms with Crippen LogP contribution in [0.5, 0.6) is 0 Å². The maximum Gasteiger partial charge on any atom is 0.256 e. The minimum atomic E-state index is -3.51. The van der Waals surface area contributed by atoms with E-state index >= 15 is 0 Å². The highest BCUT2D eigenvalue weighted by molar-refractivity contribution is 7.92. The van der Waals surface area contributed by atoms with Crippen LogP contribution in [0.15, 0.2) is 55.0 Å². The fraction of sp³-hybridized carbons (Fsp3) is 0.318. The van der Waals surface area contributed by atoms with Gasteiger partial charge in [0.25, 0.3) is 5.91 Å². The Morgan fingerprint density at radius 3 is 2.61 bits per heavy atom. The number of hydrogen-bond donors (Lipinski definition) is 1. The van der Waals surface area contributed by atoms with Crippen molar-refractivity contribution in [3.05, 3.63) is 66.2 Å². The van der Waals surface area contributed by atoms with Crippen LogP contribution in [0.25, 0.3) is 11.1 Å². The van der Waals surface area contributed by atoms with Crippen molar-refractivity contribution in [2.75, 3.05) is 17.5 Å². The Bertz CT molecular complexity index is 1190. The summed E-state index contributed by atoms with van der Waals surface area (Å²) in [5.41, 5.74) is 3.43. The molecule has 1 N–H and O–H groups in total. The lowest BCUT2D eigenvalue weighted by Crippen LogP contribution is -2.39. The number of pyridine rings is 1. The van der Waals surface area contributed by atoms with Crippen molar-refractivity contribution in [3.8, 4) is 11.1 Å². The number of carbonyl (C=O) groups excluding carboxylic acids is 1. The number of aryl methyl sites for hydroxylation is 1. The van der Waals surface area contributed by atoms with E-state index in [0.717, 1.165) is 42.3 Å². The number of amides is 1. The van der Waals surface area contributed by atoms with Gasteiger partial charge >= 0.3 is 0 Å². The number of sulfonamides is 1. The molecule has 0 bridgehead atoms. The van der Waals surface area contributed by atoms with E-state index < -0.39 is 10.0 Å². The topological polar surface area (TPSA) is 97.2 Å². The fourth-order valence-corrected chi connectivity index (χ4v) is 4.66. The Balaban J connectivity index is 1.73. The van der Waals surface area contributed by atoms with Crippen molar-refractivity contribution < 1.29 is 13.2 Å². The van der Waals surface area contributed by atoms with Gasteiger partial charge in [0.15, 0.2) is 0 Å². The highest BCUT2D eigenvalue weighted by Crippen LogP contribution is 2.37. The lowest BCUT2D eigenvalue weighted by atomic mass is 9.94. The molecule has 1 amide bonds. The molecule has 2 aromatic heterocycles. The Labute approximate surface area is 182 Å². The third kappa shape index (κ3) is 4.61. The summed E-state index contributed by atoms with van der Waals surface area (Å²) in [5, 5.41) is 4.71. The van der Waals surface area contributed by atoms with Crippen molar-refractivity contribution >= 4 is 21.6 Å². The van der Waals surface area contributed by atoms with Gasteiger partial charge in [0.2, 0.25) is 10.0 Å². The predicted molar refractivity (Wildman–Crippen MR) is 119 cm³/mol. The van der Waals surface area contributed by atoms with E-state index in [1.54, 1.807) is 41.3 Å². The average Bonchev–Trinajstić information content (AvgIpc) is 3.15. The standard InChI is InChI=1S/C22H25N5O3S/c1-26-15-18(16-10-12-23-13-11-16)21(24-26)20-9-5-6-14-27(20)22(28)17-7-3-4-8-19(17)25-31(2,29)30/h3-4,7-8,10-13,15,20,25H,5-6,9,14H2,1-2H3. The first-order chi connectivity index (χ1) is 14.8. The summed E-state index contributed by atoms with van der Waals surface area (Å²) in [6, 6.07) is 10.4.